The third-order valence-electron chi connectivity index (χ3n) is 23.2. The van der Waals surface area contributed by atoms with Crippen LogP contribution < -0.4 is 26.6 Å². The molecule has 5 N–H and O–H groups in total. The number of nitrogens with one attached hydrogen (secondary N) is 5. The van der Waals surface area contributed by atoms with E-state index in [-0.39, 0.29) is 88.7 Å². The number of nitrogens with zero attached hydrogens (tertiary/aromatic N) is 5. The van der Waals surface area contributed by atoms with Crippen molar-refractivity contribution in [1.82, 2.24) is 51.1 Å². The highest BCUT2D eigenvalue weighted by atomic mass is 16.2. The van der Waals surface area contributed by atoms with Crippen molar-refractivity contribution in [1.29, 1.82) is 0 Å². The molecule has 114 heavy (non-hydrogen) atoms. The lowest BCUT2D eigenvalue weighted by atomic mass is 10.1. The second kappa shape index (κ2) is 74.0. The largest absolute Gasteiger partial charge is 0.356 e. The Morgan fingerprint density at radius 3 is 0.491 bits per heavy atom. The molecule has 0 aromatic heterocycles. The summed E-state index contributed by atoms with van der Waals surface area (Å²) in [7, 11) is 0. The predicted octanol–water partition coefficient (Wildman–Crippen LogP) is 19.1. The van der Waals surface area contributed by atoms with Crippen LogP contribution in [0.4, 0.5) is 0 Å². The fourth-order valence-electron chi connectivity index (χ4n) is 15.6. The van der Waals surface area contributed by atoms with Gasteiger partial charge in [-0.1, -0.05) is 320 Å². The van der Waals surface area contributed by atoms with Gasteiger partial charge in [0.2, 0.25) is 59.1 Å². The summed E-state index contributed by atoms with van der Waals surface area (Å²) >= 11 is 0. The maximum atomic E-state index is 12.1. The molecule has 5 aliphatic heterocycles. The molecule has 20 heteroatoms. The van der Waals surface area contributed by atoms with Crippen LogP contribution in [0.5, 0.6) is 0 Å². The van der Waals surface area contributed by atoms with Crippen molar-refractivity contribution in [2.24, 2.45) is 29.6 Å². The first-order chi connectivity index (χ1) is 55.4. The highest BCUT2D eigenvalue weighted by molar-refractivity contribution is 5.92. The van der Waals surface area contributed by atoms with E-state index in [2.05, 4.69) is 95.8 Å². The molecule has 5 atom stereocenters. The first kappa shape index (κ1) is 107. The lowest BCUT2D eigenvalue weighted by Gasteiger charge is -2.16. The molecule has 0 bridgehead atoms. The van der Waals surface area contributed by atoms with Crippen LogP contribution in [0.2, 0.25) is 0 Å². The van der Waals surface area contributed by atoms with Crippen molar-refractivity contribution in [2.75, 3.05) is 98.2 Å². The second-order valence-corrected chi connectivity index (χ2v) is 33.9. The Labute approximate surface area is 698 Å². The third-order valence-corrected chi connectivity index (χ3v) is 23.2. The molecule has 0 radical (unpaired) electrons. The Morgan fingerprint density at radius 2 is 0.333 bits per heavy atom. The number of unbranched alkanes of at least 4 members (excludes halogenated alkanes) is 39. The Balaban J connectivity index is 0.000000713. The van der Waals surface area contributed by atoms with E-state index in [1.54, 1.807) is 0 Å². The van der Waals surface area contributed by atoms with Gasteiger partial charge < -0.3 is 51.1 Å². The highest BCUT2D eigenvalue weighted by Crippen LogP contribution is 2.25. The minimum absolute atomic E-state index is 0.0591. The summed E-state index contributed by atoms with van der Waals surface area (Å²) in [6.45, 7) is 32.8. The second-order valence-electron chi connectivity index (χ2n) is 33.9. The standard InChI is InChI=1S/C21H40N2O2.C20H38N2O2.2C18H34N2O2.C17H32N2O2/c1-3-5-7-8-9-10-11-12-14-16-23-18-19(17-20(23)24)21(25)22-15-13-6-4-2;1-3-5-7-8-9-10-11-13-15-22-17-18(16-19(22)23)20(24)21-14-12-6-4-2;1-3-5-7-8-9-10-11-13-20-15-16(14-17(20)21)18(22)19-12-6-4-2;1-3-5-7-8-9-11-13-20-15-16(14-17(20)21)18(22)19-12-10-6-4-2;1-3-5-7-8-10-12-19-14-15(13-16(19)20)17(21)18-11-9-6-4-2/h19H,3-18H2,1-2H3,(H,22,25);18H,3-17H2,1-2H3,(H,21,24);2*16H,3-15H2,1-2H3,(H,19,22);15H,3-14H2,1-2H3,(H,18,21). The molecular formula is C94H178N10O10. The maximum absolute atomic E-state index is 12.1. The summed E-state index contributed by atoms with van der Waals surface area (Å²) in [5.41, 5.74) is 0. The lowest BCUT2D eigenvalue weighted by Crippen LogP contribution is -2.33. The molecule has 0 aliphatic carbocycles. The fourth-order valence-corrected chi connectivity index (χ4v) is 15.6. The van der Waals surface area contributed by atoms with Gasteiger partial charge in [-0.3, -0.25) is 47.9 Å². The minimum atomic E-state index is -0.132. The van der Waals surface area contributed by atoms with E-state index in [0.29, 0.717) is 64.8 Å². The summed E-state index contributed by atoms with van der Waals surface area (Å²) < 4.78 is 0. The van der Waals surface area contributed by atoms with Crippen molar-refractivity contribution in [3.05, 3.63) is 0 Å². The zero-order valence-electron chi connectivity index (χ0n) is 75.5. The van der Waals surface area contributed by atoms with Crippen LogP contribution >= 0.6 is 0 Å². The summed E-state index contributed by atoms with van der Waals surface area (Å²) in [5, 5.41) is 14.9. The average Bonchev–Trinajstić information content (AvgIpc) is 1.76. The van der Waals surface area contributed by atoms with Crippen molar-refractivity contribution in [2.45, 2.75) is 416 Å². The van der Waals surface area contributed by atoms with Crippen molar-refractivity contribution in [3.8, 4) is 0 Å². The van der Waals surface area contributed by atoms with E-state index in [1.165, 1.54) is 193 Å². The summed E-state index contributed by atoms with van der Waals surface area (Å²) in [6.07, 6.45) is 61.5. The molecule has 0 saturated carbocycles. The number of likely N-dealkylation sites (tertiary alicyclic amines) is 5. The van der Waals surface area contributed by atoms with Gasteiger partial charge in [0.1, 0.15) is 0 Å². The van der Waals surface area contributed by atoms with Gasteiger partial charge in [-0.15, -0.1) is 0 Å². The molecular weight excluding hydrogens is 1430 g/mol. The molecule has 5 aliphatic rings. The van der Waals surface area contributed by atoms with Gasteiger partial charge in [0.05, 0.1) is 29.6 Å². The zero-order chi connectivity index (χ0) is 83.9. The normalized spacial score (nSPS) is 17.8. The van der Waals surface area contributed by atoms with Gasteiger partial charge in [0.25, 0.3) is 0 Å². The summed E-state index contributed by atoms with van der Waals surface area (Å²) in [6, 6.07) is 0. The Bertz CT molecular complexity index is 2470. The fraction of sp³-hybridized carbons (Fsp3) is 0.894. The van der Waals surface area contributed by atoms with Crippen LogP contribution in [0.15, 0.2) is 0 Å². The molecule has 10 amide bonds. The SMILES string of the molecule is CCCCCCCCCCCN1CC(C(=O)NCCCCC)CC1=O.CCCCCCCCCCN1CC(C(=O)NCCCCC)CC1=O.CCCCCCCCCN1CC(C(=O)NCCCC)CC1=O.CCCCCCCCN1CC(C(=O)NCCCCC)CC1=O.CCCCCCCN1CC(C(=O)NCCCCC)CC1=O. The van der Waals surface area contributed by atoms with E-state index >= 15 is 0 Å². The number of carbonyl (C=O) groups excluding carboxylic acids is 10. The number of rotatable bonds is 64. The average molecular weight is 1610 g/mol. The maximum Gasteiger partial charge on any atom is 0.225 e. The minimum Gasteiger partial charge on any atom is -0.356 e. The zero-order valence-corrected chi connectivity index (χ0v) is 75.5. The Kier molecular flexibility index (Phi) is 69.3. The van der Waals surface area contributed by atoms with Crippen LogP contribution in [0, 0.1) is 29.6 Å². The number of hydrogen-bond donors (Lipinski definition) is 5. The molecule has 20 nitrogen and oxygen atoms in total. The van der Waals surface area contributed by atoms with E-state index in [0.717, 1.165) is 187 Å². The van der Waals surface area contributed by atoms with Gasteiger partial charge in [-0.25, -0.2) is 0 Å². The van der Waals surface area contributed by atoms with Crippen LogP contribution in [-0.4, -0.2) is 182 Å². The van der Waals surface area contributed by atoms with Crippen molar-refractivity contribution >= 4 is 59.1 Å². The Morgan fingerprint density at radius 1 is 0.202 bits per heavy atom. The molecule has 0 aromatic rings. The molecule has 5 unspecified atom stereocenters. The topological polar surface area (TPSA) is 247 Å². The quantitative estimate of drug-likeness (QED) is 0.0360. The number of hydrogen-bond acceptors (Lipinski definition) is 10. The van der Waals surface area contributed by atoms with Crippen LogP contribution in [0.25, 0.3) is 0 Å². The smallest absolute Gasteiger partial charge is 0.225 e. The Hall–Kier alpha value is -5.30. The highest BCUT2D eigenvalue weighted by Gasteiger charge is 2.38. The van der Waals surface area contributed by atoms with E-state index in [9.17, 15) is 47.9 Å². The van der Waals surface area contributed by atoms with Crippen molar-refractivity contribution in [3.63, 3.8) is 0 Å². The molecule has 664 valence electrons. The van der Waals surface area contributed by atoms with Crippen LogP contribution in [-0.2, 0) is 47.9 Å². The summed E-state index contributed by atoms with van der Waals surface area (Å²) in [4.78, 5) is 130. The molecule has 5 saturated heterocycles. The van der Waals surface area contributed by atoms with E-state index < -0.39 is 0 Å². The van der Waals surface area contributed by atoms with Crippen LogP contribution in [0.1, 0.15) is 416 Å². The van der Waals surface area contributed by atoms with Crippen LogP contribution in [0.3, 0.4) is 0 Å². The molecule has 5 fully saturated rings. The predicted molar refractivity (Wildman–Crippen MR) is 471 cm³/mol. The molecule has 5 heterocycles. The lowest BCUT2D eigenvalue weighted by molar-refractivity contribution is -0.129. The monoisotopic (exact) mass is 1610 g/mol. The van der Waals surface area contributed by atoms with Gasteiger partial charge in [0.15, 0.2) is 0 Å². The molecule has 0 aromatic carbocycles. The van der Waals surface area contributed by atoms with Gasteiger partial charge in [-0.2, -0.15) is 0 Å². The molecule has 0 spiro atoms. The van der Waals surface area contributed by atoms with E-state index in [1.807, 2.05) is 24.5 Å². The van der Waals surface area contributed by atoms with Gasteiger partial charge >= 0.3 is 0 Å². The van der Waals surface area contributed by atoms with Gasteiger partial charge in [0, 0.05) is 130 Å². The number of carbonyl (C=O) groups is 10. The van der Waals surface area contributed by atoms with Crippen molar-refractivity contribution < 1.29 is 47.9 Å². The van der Waals surface area contributed by atoms with Gasteiger partial charge in [-0.05, 0) is 64.2 Å². The molecule has 5 rings (SSSR count). The first-order valence-electron chi connectivity index (χ1n) is 48.2. The third kappa shape index (κ3) is 53.9. The summed E-state index contributed by atoms with van der Waals surface area (Å²) in [5.74, 6) is 0.449. The number of amides is 10. The van der Waals surface area contributed by atoms with E-state index in [4.69, 9.17) is 0 Å². The first-order valence-corrected chi connectivity index (χ1v) is 48.2.